The van der Waals surface area contributed by atoms with Crippen LogP contribution in [0.3, 0.4) is 0 Å². The number of carbonyl (C=O) groups is 1. The molecule has 0 saturated carbocycles. The van der Waals surface area contributed by atoms with E-state index in [0.29, 0.717) is 16.7 Å². The fourth-order valence-electron chi connectivity index (χ4n) is 3.35. The molecule has 0 atom stereocenters. The maximum Gasteiger partial charge on any atom is 0.416 e. The van der Waals surface area contributed by atoms with Crippen molar-refractivity contribution in [3.05, 3.63) is 82.4 Å². The van der Waals surface area contributed by atoms with Crippen molar-refractivity contribution in [1.29, 1.82) is 0 Å². The van der Waals surface area contributed by atoms with Gasteiger partial charge in [0.25, 0.3) is 0 Å². The summed E-state index contributed by atoms with van der Waals surface area (Å²) in [5, 5.41) is 3.08. The fraction of sp³-hybridized carbons (Fsp3) is 0.250. The molecule has 29 heavy (non-hydrogen) atoms. The number of benzene rings is 2. The van der Waals surface area contributed by atoms with Crippen LogP contribution >= 0.6 is 0 Å². The van der Waals surface area contributed by atoms with Crippen LogP contribution in [0.15, 0.2) is 60.2 Å². The summed E-state index contributed by atoms with van der Waals surface area (Å²) in [5.74, 6) is -0.647. The average molecular weight is 414 g/mol. The summed E-state index contributed by atoms with van der Waals surface area (Å²) in [5.41, 5.74) is 3.62. The van der Waals surface area contributed by atoms with Crippen LogP contribution < -0.4 is 11.1 Å². The molecular formula is C20H16F6N2O. The van der Waals surface area contributed by atoms with E-state index in [1.54, 1.807) is 6.08 Å². The SMILES string of the molecule is NC(=O)C1=CCC(c2ccc(C(F)(F)F)cc2)(c2ccc(C(F)(F)F)cc2)NC1. The van der Waals surface area contributed by atoms with Gasteiger partial charge in [0.15, 0.2) is 0 Å². The van der Waals surface area contributed by atoms with E-state index in [4.69, 9.17) is 5.73 Å². The Bertz CT molecular complexity index is 870. The Kier molecular flexibility index (Phi) is 5.20. The number of primary amides is 1. The second-order valence-corrected chi connectivity index (χ2v) is 6.71. The quantitative estimate of drug-likeness (QED) is 0.733. The Hall–Kier alpha value is -2.81. The van der Waals surface area contributed by atoms with Crippen molar-refractivity contribution < 1.29 is 31.1 Å². The summed E-state index contributed by atoms with van der Waals surface area (Å²) in [6, 6.07) is 8.75. The maximum atomic E-state index is 12.9. The van der Waals surface area contributed by atoms with E-state index < -0.39 is 34.9 Å². The van der Waals surface area contributed by atoms with E-state index in [2.05, 4.69) is 5.32 Å². The smallest absolute Gasteiger partial charge is 0.366 e. The van der Waals surface area contributed by atoms with E-state index in [9.17, 15) is 31.1 Å². The Morgan fingerprint density at radius 1 is 0.828 bits per heavy atom. The molecular weight excluding hydrogens is 398 g/mol. The zero-order valence-electron chi connectivity index (χ0n) is 14.9. The Labute approximate surface area is 162 Å². The molecule has 3 rings (SSSR count). The lowest BCUT2D eigenvalue weighted by Gasteiger charge is -2.39. The molecule has 9 heteroatoms. The normalized spacial score (nSPS) is 17.0. The third-order valence-corrected chi connectivity index (χ3v) is 4.96. The van der Waals surface area contributed by atoms with Crippen molar-refractivity contribution in [3.8, 4) is 0 Å². The van der Waals surface area contributed by atoms with Crippen molar-refractivity contribution in [2.75, 3.05) is 6.54 Å². The fourth-order valence-corrected chi connectivity index (χ4v) is 3.35. The largest absolute Gasteiger partial charge is 0.416 e. The molecule has 0 fully saturated rings. The zero-order chi connectivity index (χ0) is 21.4. The van der Waals surface area contributed by atoms with Crippen molar-refractivity contribution >= 4 is 5.91 Å². The van der Waals surface area contributed by atoms with Crippen LogP contribution in [0.25, 0.3) is 0 Å². The number of nitrogens with two attached hydrogens (primary N) is 1. The third-order valence-electron chi connectivity index (χ3n) is 4.96. The first-order valence-corrected chi connectivity index (χ1v) is 8.53. The highest BCUT2D eigenvalue weighted by Gasteiger charge is 2.38. The van der Waals surface area contributed by atoms with Crippen LogP contribution in [-0.4, -0.2) is 12.5 Å². The van der Waals surface area contributed by atoms with E-state index in [-0.39, 0.29) is 13.0 Å². The van der Waals surface area contributed by atoms with Crippen LogP contribution in [0.4, 0.5) is 26.3 Å². The van der Waals surface area contributed by atoms with Crippen LogP contribution in [0.2, 0.25) is 0 Å². The van der Waals surface area contributed by atoms with Gasteiger partial charge in [0.1, 0.15) is 0 Å². The van der Waals surface area contributed by atoms with Gasteiger partial charge in [-0.2, -0.15) is 26.3 Å². The predicted molar refractivity (Wildman–Crippen MR) is 93.6 cm³/mol. The van der Waals surface area contributed by atoms with E-state index in [1.165, 1.54) is 24.3 Å². The van der Waals surface area contributed by atoms with Gasteiger partial charge in [0.05, 0.1) is 16.7 Å². The average Bonchev–Trinajstić information content (AvgIpc) is 2.67. The molecule has 0 unspecified atom stereocenters. The van der Waals surface area contributed by atoms with Gasteiger partial charge < -0.3 is 5.73 Å². The molecule has 1 heterocycles. The first-order chi connectivity index (χ1) is 13.4. The maximum absolute atomic E-state index is 12.9. The number of alkyl halides is 6. The molecule has 0 aliphatic carbocycles. The van der Waals surface area contributed by atoms with E-state index >= 15 is 0 Å². The van der Waals surface area contributed by atoms with Crippen LogP contribution in [-0.2, 0) is 22.7 Å². The van der Waals surface area contributed by atoms with Gasteiger partial charge >= 0.3 is 12.4 Å². The minimum absolute atomic E-state index is 0.0252. The summed E-state index contributed by atoms with van der Waals surface area (Å²) in [6.07, 6.45) is -7.35. The number of halogens is 6. The lowest BCUT2D eigenvalue weighted by Crippen LogP contribution is -2.47. The van der Waals surface area contributed by atoms with Crippen molar-refractivity contribution in [3.63, 3.8) is 0 Å². The molecule has 1 aliphatic rings. The highest BCUT2D eigenvalue weighted by molar-refractivity contribution is 5.92. The summed E-state index contributed by atoms with van der Waals surface area (Å²) in [4.78, 5) is 11.4. The molecule has 0 saturated heterocycles. The number of hydrogen-bond donors (Lipinski definition) is 2. The van der Waals surface area contributed by atoms with Crippen LogP contribution in [0.5, 0.6) is 0 Å². The molecule has 3 nitrogen and oxygen atoms in total. The van der Waals surface area contributed by atoms with E-state index in [1.807, 2.05) is 0 Å². The molecule has 0 spiro atoms. The van der Waals surface area contributed by atoms with Gasteiger partial charge in [-0.1, -0.05) is 30.3 Å². The lowest BCUT2D eigenvalue weighted by molar-refractivity contribution is -0.138. The van der Waals surface area contributed by atoms with Crippen molar-refractivity contribution in [2.24, 2.45) is 5.73 Å². The monoisotopic (exact) mass is 414 g/mol. The highest BCUT2D eigenvalue weighted by Crippen LogP contribution is 2.39. The highest BCUT2D eigenvalue weighted by atomic mass is 19.4. The first kappa shape index (κ1) is 20.9. The predicted octanol–water partition coefficient (Wildman–Crippen LogP) is 4.37. The molecule has 1 amide bonds. The molecule has 0 aromatic heterocycles. The summed E-state index contributed by atoms with van der Waals surface area (Å²) < 4.78 is 77.4. The van der Waals surface area contributed by atoms with E-state index in [0.717, 1.165) is 24.3 Å². The molecule has 0 radical (unpaired) electrons. The second kappa shape index (κ2) is 7.22. The number of rotatable bonds is 3. The Balaban J connectivity index is 2.07. The molecule has 0 bridgehead atoms. The Morgan fingerprint density at radius 3 is 1.52 bits per heavy atom. The van der Waals surface area contributed by atoms with Gasteiger partial charge in [0.2, 0.25) is 5.91 Å². The van der Waals surface area contributed by atoms with Crippen LogP contribution in [0.1, 0.15) is 28.7 Å². The number of nitrogens with one attached hydrogen (secondary N) is 1. The molecule has 3 N–H and O–H groups in total. The molecule has 154 valence electrons. The van der Waals surface area contributed by atoms with Crippen molar-refractivity contribution in [1.82, 2.24) is 5.32 Å². The topological polar surface area (TPSA) is 55.1 Å². The summed E-state index contributed by atoms with van der Waals surface area (Å²) in [7, 11) is 0. The zero-order valence-corrected chi connectivity index (χ0v) is 14.9. The van der Waals surface area contributed by atoms with Gasteiger partial charge in [0, 0.05) is 12.1 Å². The Morgan fingerprint density at radius 2 is 1.24 bits per heavy atom. The second-order valence-electron chi connectivity index (χ2n) is 6.71. The van der Waals surface area contributed by atoms with Crippen molar-refractivity contribution in [2.45, 2.75) is 24.3 Å². The minimum Gasteiger partial charge on any atom is -0.366 e. The third kappa shape index (κ3) is 4.14. The number of carbonyl (C=O) groups excluding carboxylic acids is 1. The van der Waals surface area contributed by atoms with Gasteiger partial charge in [-0.25, -0.2) is 0 Å². The summed E-state index contributed by atoms with van der Waals surface area (Å²) in [6.45, 7) is 0.0252. The van der Waals surface area contributed by atoms with Gasteiger partial charge in [-0.3, -0.25) is 10.1 Å². The lowest BCUT2D eigenvalue weighted by atomic mass is 9.77. The summed E-state index contributed by atoms with van der Waals surface area (Å²) >= 11 is 0. The number of hydrogen-bond acceptors (Lipinski definition) is 2. The standard InChI is InChI=1S/C20H16F6N2O/c21-19(22,23)15-5-1-13(2-6-15)18(10-9-12(11-28-18)17(27)29)14-3-7-16(8-4-14)20(24,25)26/h1-9,28H,10-11H2,(H2,27,29). The first-order valence-electron chi connectivity index (χ1n) is 8.53. The minimum atomic E-state index is -4.51. The molecule has 2 aromatic rings. The van der Waals surface area contributed by atoms with Crippen LogP contribution in [0, 0.1) is 0 Å². The van der Waals surface area contributed by atoms with Gasteiger partial charge in [-0.05, 0) is 41.8 Å². The number of amides is 1. The molecule has 1 aliphatic heterocycles. The molecule has 2 aromatic carbocycles. The van der Waals surface area contributed by atoms with Gasteiger partial charge in [-0.15, -0.1) is 0 Å².